The molecule has 1 saturated heterocycles. The predicted molar refractivity (Wildman–Crippen MR) is 160 cm³/mol. The van der Waals surface area contributed by atoms with E-state index in [9.17, 15) is 9.59 Å². The minimum Gasteiger partial charge on any atom is -0.494 e. The topological polar surface area (TPSA) is 71.1 Å². The summed E-state index contributed by atoms with van der Waals surface area (Å²) >= 11 is 6.50. The molecule has 2 aliphatic rings. The summed E-state index contributed by atoms with van der Waals surface area (Å²) in [6, 6.07) is 8.14. The molecule has 2 heterocycles. The minimum atomic E-state index is -0.245. The van der Waals surface area contributed by atoms with Gasteiger partial charge in [0.2, 0.25) is 0 Å². The summed E-state index contributed by atoms with van der Waals surface area (Å²) in [5.41, 5.74) is 2.30. The van der Waals surface area contributed by atoms with E-state index in [4.69, 9.17) is 25.8 Å². The maximum Gasteiger partial charge on any atom is 0.302 e. The first-order chi connectivity index (χ1) is 18.2. The van der Waals surface area contributed by atoms with Gasteiger partial charge in [-0.3, -0.25) is 9.59 Å². The number of hydrogen-bond acceptors (Lipinski definition) is 6. The second-order valence-corrected chi connectivity index (χ2v) is 10.2. The first-order valence-electron chi connectivity index (χ1n) is 12.8. The molecular weight excluding hydrogens is 524 g/mol. The van der Waals surface area contributed by atoms with Gasteiger partial charge < -0.3 is 18.9 Å². The zero-order valence-electron chi connectivity index (χ0n) is 23.7. The van der Waals surface area contributed by atoms with Gasteiger partial charge in [-0.25, -0.2) is 0 Å². The van der Waals surface area contributed by atoms with Crippen LogP contribution in [0, 0.1) is 12.8 Å². The number of hydrogen-bond donors (Lipinski definition) is 0. The van der Waals surface area contributed by atoms with Gasteiger partial charge >= 0.3 is 11.9 Å². The van der Waals surface area contributed by atoms with Crippen molar-refractivity contribution in [3.05, 3.63) is 51.9 Å². The number of rotatable bonds is 7. The molecule has 6 nitrogen and oxygen atoms in total. The maximum absolute atomic E-state index is 11.4. The van der Waals surface area contributed by atoms with E-state index in [1.807, 2.05) is 39.0 Å². The molecule has 0 spiro atoms. The van der Waals surface area contributed by atoms with Crippen molar-refractivity contribution in [2.45, 2.75) is 84.9 Å². The molecule has 1 fully saturated rings. The molecule has 1 aromatic rings. The van der Waals surface area contributed by atoms with Crippen LogP contribution >= 0.6 is 22.1 Å². The molecule has 0 aliphatic carbocycles. The molecule has 4 atom stereocenters. The standard InChI is InChI=1S/C23H29ClO4S.C3H6O2.C2H6.C2H2/c1-4-19-13-21(27-16(3)25)14-23(28-19)29-11-10-22(24)18(15-29)12-17-6-8-20(9-7-17)26-5-2;1-3(4)5-2;2*1-2/h6-11,15,19,21,23H,4-5,12-14H2,1-3H3;1-2H3;1-2H3;1-2H/t19-,21+,23+,29?;;;/m1.../s1. The average molecular weight is 567 g/mol. The fourth-order valence-corrected chi connectivity index (χ4v) is 5.87. The van der Waals surface area contributed by atoms with Crippen molar-refractivity contribution < 1.29 is 28.5 Å². The van der Waals surface area contributed by atoms with Crippen molar-refractivity contribution in [3.63, 3.8) is 0 Å². The first kappa shape index (κ1) is 35.5. The first-order valence-corrected chi connectivity index (χ1v) is 14.6. The number of ether oxygens (including phenoxy) is 4. The van der Waals surface area contributed by atoms with Crippen LogP contribution in [0.25, 0.3) is 0 Å². The highest BCUT2D eigenvalue weighted by Crippen LogP contribution is 2.38. The zero-order valence-corrected chi connectivity index (χ0v) is 25.3. The molecule has 0 aromatic heterocycles. The summed E-state index contributed by atoms with van der Waals surface area (Å²) < 4.78 is 21.5. The van der Waals surface area contributed by atoms with Gasteiger partial charge in [0.05, 0.1) is 19.8 Å². The Bertz CT molecular complexity index is 965. The lowest BCUT2D eigenvalue weighted by molar-refractivity contribution is -0.154. The highest BCUT2D eigenvalue weighted by atomic mass is 35.5. The maximum atomic E-state index is 11.4. The molecule has 212 valence electrons. The molecule has 3 rings (SSSR count). The summed E-state index contributed by atoms with van der Waals surface area (Å²) in [5.74, 6) is 0.405. The molecular formula is C30H43ClO6S. The van der Waals surface area contributed by atoms with Gasteiger partial charge in [0.1, 0.15) is 17.3 Å². The van der Waals surface area contributed by atoms with Crippen LogP contribution in [0.15, 0.2) is 46.4 Å². The SMILES string of the molecule is C#C.CC.CCOc1ccc(CC2=C(Cl)C=CS([C@H]3C[C@@H](OC(C)=O)C[C@@H](CC)O3)=C2)cc1.COC(C)=O. The van der Waals surface area contributed by atoms with Crippen LogP contribution in [-0.4, -0.2) is 48.7 Å². The number of methoxy groups -OCH3 is 1. The van der Waals surface area contributed by atoms with Crippen molar-refractivity contribution in [1.82, 2.24) is 0 Å². The minimum absolute atomic E-state index is 0.00870. The van der Waals surface area contributed by atoms with E-state index < -0.39 is 0 Å². The largest absolute Gasteiger partial charge is 0.494 e. The molecule has 38 heavy (non-hydrogen) atoms. The van der Waals surface area contributed by atoms with Crippen LogP contribution in [0.5, 0.6) is 5.75 Å². The van der Waals surface area contributed by atoms with Crippen LogP contribution in [0.2, 0.25) is 0 Å². The van der Waals surface area contributed by atoms with Crippen molar-refractivity contribution in [2.24, 2.45) is 0 Å². The van der Waals surface area contributed by atoms with Gasteiger partial charge in [0.15, 0.2) is 0 Å². The lowest BCUT2D eigenvalue weighted by Gasteiger charge is -2.36. The Labute approximate surface area is 236 Å². The quantitative estimate of drug-likeness (QED) is 0.201. The lowest BCUT2D eigenvalue weighted by atomic mass is 10.0. The summed E-state index contributed by atoms with van der Waals surface area (Å²) in [4.78, 5) is 21.0. The zero-order chi connectivity index (χ0) is 29.1. The Balaban J connectivity index is 0.00000134. The van der Waals surface area contributed by atoms with Crippen molar-refractivity contribution in [1.29, 1.82) is 0 Å². The lowest BCUT2D eigenvalue weighted by Crippen LogP contribution is -2.36. The molecule has 8 heteroatoms. The summed E-state index contributed by atoms with van der Waals surface area (Å²) in [6.45, 7) is 11.6. The number of esters is 2. The Morgan fingerprint density at radius 1 is 1.08 bits per heavy atom. The molecule has 0 amide bonds. The van der Waals surface area contributed by atoms with Gasteiger partial charge in [-0.15, -0.1) is 23.3 Å². The van der Waals surface area contributed by atoms with Gasteiger partial charge in [0.25, 0.3) is 0 Å². The van der Waals surface area contributed by atoms with E-state index in [1.165, 1.54) is 26.5 Å². The van der Waals surface area contributed by atoms with E-state index in [0.29, 0.717) is 13.0 Å². The molecule has 0 radical (unpaired) electrons. The number of benzene rings is 1. The summed E-state index contributed by atoms with van der Waals surface area (Å²) in [7, 11) is 1.14. The predicted octanol–water partition coefficient (Wildman–Crippen LogP) is 7.02. The van der Waals surface area contributed by atoms with E-state index in [0.717, 1.165) is 35.6 Å². The van der Waals surface area contributed by atoms with E-state index >= 15 is 0 Å². The molecule has 0 bridgehead atoms. The summed E-state index contributed by atoms with van der Waals surface area (Å²) in [6.07, 6.45) is 13.2. The Kier molecular flexibility index (Phi) is 19.1. The van der Waals surface area contributed by atoms with Crippen LogP contribution in [0.1, 0.15) is 66.4 Å². The molecule has 1 aromatic carbocycles. The Hall–Kier alpha value is -2.53. The third kappa shape index (κ3) is 13.3. The van der Waals surface area contributed by atoms with Gasteiger partial charge in [-0.2, -0.15) is 0 Å². The van der Waals surface area contributed by atoms with Crippen LogP contribution < -0.4 is 4.74 Å². The van der Waals surface area contributed by atoms with Gasteiger partial charge in [-0.1, -0.05) is 44.5 Å². The number of carbonyl (C=O) groups excluding carboxylic acids is 2. The molecule has 0 saturated carbocycles. The van der Waals surface area contributed by atoms with Gasteiger partial charge in [-0.05, 0) is 59.9 Å². The number of allylic oxidation sites excluding steroid dienone is 3. The van der Waals surface area contributed by atoms with E-state index in [2.05, 4.69) is 47.4 Å². The Morgan fingerprint density at radius 3 is 2.18 bits per heavy atom. The van der Waals surface area contributed by atoms with E-state index in [1.54, 1.807) is 0 Å². The molecule has 1 unspecified atom stereocenters. The van der Waals surface area contributed by atoms with E-state index in [-0.39, 0.29) is 40.1 Å². The smallest absolute Gasteiger partial charge is 0.302 e. The highest BCUT2D eigenvalue weighted by molar-refractivity contribution is 8.18. The monoisotopic (exact) mass is 566 g/mol. The molecule has 2 aliphatic heterocycles. The highest BCUT2D eigenvalue weighted by Gasteiger charge is 2.32. The number of carbonyl (C=O) groups is 2. The van der Waals surface area contributed by atoms with Crippen LogP contribution in [0.3, 0.4) is 0 Å². The third-order valence-electron chi connectivity index (χ3n) is 5.29. The fraction of sp³-hybridized carbons (Fsp3) is 0.500. The average Bonchev–Trinajstić information content (AvgIpc) is 2.93. The van der Waals surface area contributed by atoms with Gasteiger partial charge in [0, 0.05) is 31.7 Å². The van der Waals surface area contributed by atoms with Crippen LogP contribution in [0.4, 0.5) is 0 Å². The number of halogens is 1. The second kappa shape index (κ2) is 20.4. The third-order valence-corrected chi connectivity index (χ3v) is 7.58. The second-order valence-electron chi connectivity index (χ2n) is 7.95. The number of terminal acetylenes is 1. The Morgan fingerprint density at radius 2 is 1.68 bits per heavy atom. The van der Waals surface area contributed by atoms with Crippen molar-refractivity contribution in [3.8, 4) is 18.6 Å². The molecule has 0 N–H and O–H groups in total. The normalized spacial score (nSPS) is 21.5. The summed E-state index contributed by atoms with van der Waals surface area (Å²) in [5, 5.41) is 5.12. The fourth-order valence-electron chi connectivity index (χ4n) is 3.58. The van der Waals surface area contributed by atoms with Crippen LogP contribution in [-0.2, 0) is 30.2 Å². The van der Waals surface area contributed by atoms with Crippen molar-refractivity contribution >= 4 is 39.4 Å². The van der Waals surface area contributed by atoms with Crippen molar-refractivity contribution in [2.75, 3.05) is 13.7 Å².